The molecule has 1 aromatic carbocycles. The Kier molecular flexibility index (Phi) is 3.79. The topological polar surface area (TPSA) is 32.3 Å². The van der Waals surface area contributed by atoms with Crippen molar-refractivity contribution in [2.75, 3.05) is 20.1 Å². The highest BCUT2D eigenvalue weighted by atomic mass is 16.2. The number of nitrogens with zero attached hydrogens (tertiary/aromatic N) is 1. The molecule has 0 aromatic heterocycles. The Labute approximate surface area is 121 Å². The van der Waals surface area contributed by atoms with Crippen molar-refractivity contribution in [3.05, 3.63) is 35.4 Å². The number of benzene rings is 1. The number of rotatable bonds is 2. The van der Waals surface area contributed by atoms with Gasteiger partial charge in [0.1, 0.15) is 0 Å². The summed E-state index contributed by atoms with van der Waals surface area (Å²) in [7, 11) is 1.99. The molecular formula is C17H24N2O. The smallest absolute Gasteiger partial charge is 0.227 e. The quantitative estimate of drug-likeness (QED) is 0.896. The van der Waals surface area contributed by atoms with Crippen LogP contribution in [0.25, 0.3) is 0 Å². The molecule has 1 saturated heterocycles. The van der Waals surface area contributed by atoms with E-state index >= 15 is 0 Å². The summed E-state index contributed by atoms with van der Waals surface area (Å²) in [5.41, 5.74) is 2.77. The second-order valence-electron chi connectivity index (χ2n) is 6.30. The van der Waals surface area contributed by atoms with Crippen LogP contribution in [-0.2, 0) is 11.2 Å². The summed E-state index contributed by atoms with van der Waals surface area (Å²) in [6.07, 6.45) is 3.42. The molecule has 3 atom stereocenters. The number of carbonyl (C=O) groups is 1. The molecule has 0 bridgehead atoms. The van der Waals surface area contributed by atoms with Gasteiger partial charge in [-0.2, -0.15) is 0 Å². The molecule has 1 N–H and O–H groups in total. The molecule has 1 aromatic rings. The number of amides is 1. The molecular weight excluding hydrogens is 248 g/mol. The fourth-order valence-corrected chi connectivity index (χ4v) is 3.69. The van der Waals surface area contributed by atoms with Gasteiger partial charge in [0, 0.05) is 13.6 Å². The van der Waals surface area contributed by atoms with E-state index in [-0.39, 0.29) is 12.0 Å². The van der Waals surface area contributed by atoms with Gasteiger partial charge in [-0.15, -0.1) is 0 Å². The van der Waals surface area contributed by atoms with E-state index in [9.17, 15) is 4.79 Å². The molecule has 1 aliphatic heterocycles. The van der Waals surface area contributed by atoms with Gasteiger partial charge in [0.15, 0.2) is 0 Å². The molecule has 1 aliphatic carbocycles. The van der Waals surface area contributed by atoms with E-state index in [0.717, 1.165) is 25.9 Å². The van der Waals surface area contributed by atoms with Crippen molar-refractivity contribution in [1.29, 1.82) is 0 Å². The van der Waals surface area contributed by atoms with Crippen LogP contribution in [0.4, 0.5) is 0 Å². The summed E-state index contributed by atoms with van der Waals surface area (Å²) in [4.78, 5) is 14.8. The molecule has 3 heteroatoms. The van der Waals surface area contributed by atoms with E-state index < -0.39 is 0 Å². The average Bonchev–Trinajstić information content (AvgIpc) is 2.91. The Bertz CT molecular complexity index is 500. The van der Waals surface area contributed by atoms with Crippen LogP contribution in [0.3, 0.4) is 0 Å². The van der Waals surface area contributed by atoms with Crippen molar-refractivity contribution < 1.29 is 4.79 Å². The van der Waals surface area contributed by atoms with E-state index in [2.05, 4.69) is 36.5 Å². The number of hydrogen-bond acceptors (Lipinski definition) is 2. The van der Waals surface area contributed by atoms with E-state index in [1.165, 1.54) is 17.5 Å². The molecule has 3 nitrogen and oxygen atoms in total. The largest absolute Gasteiger partial charge is 0.338 e. The van der Waals surface area contributed by atoms with Gasteiger partial charge in [-0.05, 0) is 42.9 Å². The van der Waals surface area contributed by atoms with Gasteiger partial charge in [-0.3, -0.25) is 4.79 Å². The van der Waals surface area contributed by atoms with Gasteiger partial charge in [0.05, 0.1) is 12.0 Å². The van der Waals surface area contributed by atoms with E-state index in [1.54, 1.807) is 0 Å². The first-order valence-corrected chi connectivity index (χ1v) is 7.73. The highest BCUT2D eigenvalue weighted by Crippen LogP contribution is 2.34. The Balaban J connectivity index is 1.81. The minimum atomic E-state index is 0.147. The molecule has 0 spiro atoms. The third-order valence-corrected chi connectivity index (χ3v) is 4.99. The molecule has 0 saturated carbocycles. The van der Waals surface area contributed by atoms with Gasteiger partial charge < -0.3 is 10.2 Å². The number of nitrogens with one attached hydrogen (secondary N) is 1. The maximum absolute atomic E-state index is 12.8. The van der Waals surface area contributed by atoms with Crippen molar-refractivity contribution >= 4 is 5.91 Å². The van der Waals surface area contributed by atoms with Crippen molar-refractivity contribution in [3.63, 3.8) is 0 Å². The first-order chi connectivity index (χ1) is 9.68. The van der Waals surface area contributed by atoms with Gasteiger partial charge in [-0.1, -0.05) is 31.2 Å². The molecule has 3 rings (SSSR count). The lowest BCUT2D eigenvalue weighted by Crippen LogP contribution is -2.39. The fraction of sp³-hybridized carbons (Fsp3) is 0.588. The zero-order valence-corrected chi connectivity index (χ0v) is 12.4. The lowest BCUT2D eigenvalue weighted by Gasteiger charge is -2.35. The van der Waals surface area contributed by atoms with E-state index in [0.29, 0.717) is 11.8 Å². The number of hydrogen-bond donors (Lipinski definition) is 1. The summed E-state index contributed by atoms with van der Waals surface area (Å²) in [6, 6.07) is 8.86. The fourth-order valence-electron chi connectivity index (χ4n) is 3.69. The summed E-state index contributed by atoms with van der Waals surface area (Å²) in [5, 5.41) is 3.33. The van der Waals surface area contributed by atoms with Gasteiger partial charge in [-0.25, -0.2) is 0 Å². The predicted octanol–water partition coefficient (Wildman–Crippen LogP) is 2.38. The van der Waals surface area contributed by atoms with E-state index in [4.69, 9.17) is 0 Å². The molecule has 20 heavy (non-hydrogen) atoms. The van der Waals surface area contributed by atoms with Gasteiger partial charge in [0.2, 0.25) is 5.91 Å². The molecule has 1 amide bonds. The zero-order chi connectivity index (χ0) is 14.1. The third kappa shape index (κ3) is 2.35. The maximum Gasteiger partial charge on any atom is 0.227 e. The number of carbonyl (C=O) groups excluding carboxylic acids is 1. The highest BCUT2D eigenvalue weighted by molar-refractivity contribution is 5.80. The van der Waals surface area contributed by atoms with Crippen LogP contribution in [0, 0.1) is 11.8 Å². The Morgan fingerprint density at radius 2 is 2.10 bits per heavy atom. The van der Waals surface area contributed by atoms with Crippen molar-refractivity contribution in [2.24, 2.45) is 11.8 Å². The summed E-state index contributed by atoms with van der Waals surface area (Å²) in [5.74, 6) is 0.905. The second kappa shape index (κ2) is 5.57. The van der Waals surface area contributed by atoms with Crippen LogP contribution in [0.15, 0.2) is 24.3 Å². The van der Waals surface area contributed by atoms with Crippen LogP contribution < -0.4 is 5.32 Å². The summed E-state index contributed by atoms with van der Waals surface area (Å²) < 4.78 is 0. The SMILES string of the molecule is CC1CNCC1C(=O)N(C)C1CCCc2ccccc21. The molecule has 3 unspecified atom stereocenters. The lowest BCUT2D eigenvalue weighted by atomic mass is 9.86. The van der Waals surface area contributed by atoms with Crippen LogP contribution in [-0.4, -0.2) is 30.9 Å². The van der Waals surface area contributed by atoms with Gasteiger partial charge >= 0.3 is 0 Å². The molecule has 1 fully saturated rings. The van der Waals surface area contributed by atoms with Crippen LogP contribution in [0.1, 0.15) is 36.9 Å². The van der Waals surface area contributed by atoms with Gasteiger partial charge in [0.25, 0.3) is 0 Å². The van der Waals surface area contributed by atoms with Crippen LogP contribution in [0.5, 0.6) is 0 Å². The average molecular weight is 272 g/mol. The second-order valence-corrected chi connectivity index (χ2v) is 6.30. The Morgan fingerprint density at radius 3 is 2.85 bits per heavy atom. The maximum atomic E-state index is 12.8. The summed E-state index contributed by atoms with van der Waals surface area (Å²) in [6.45, 7) is 3.97. The number of fused-ring (bicyclic) bond motifs is 1. The number of aryl methyl sites for hydroxylation is 1. The molecule has 0 radical (unpaired) electrons. The minimum absolute atomic E-state index is 0.147. The Morgan fingerprint density at radius 1 is 1.30 bits per heavy atom. The molecule has 108 valence electrons. The van der Waals surface area contributed by atoms with Crippen LogP contribution >= 0.6 is 0 Å². The Hall–Kier alpha value is -1.35. The van der Waals surface area contributed by atoms with Crippen molar-refractivity contribution in [1.82, 2.24) is 10.2 Å². The third-order valence-electron chi connectivity index (χ3n) is 4.99. The molecule has 2 aliphatic rings. The lowest BCUT2D eigenvalue weighted by molar-refractivity contribution is -0.137. The highest BCUT2D eigenvalue weighted by Gasteiger charge is 2.35. The minimum Gasteiger partial charge on any atom is -0.338 e. The first-order valence-electron chi connectivity index (χ1n) is 7.73. The normalized spacial score (nSPS) is 29.0. The van der Waals surface area contributed by atoms with Crippen LogP contribution in [0.2, 0.25) is 0 Å². The van der Waals surface area contributed by atoms with Crippen molar-refractivity contribution in [3.8, 4) is 0 Å². The van der Waals surface area contributed by atoms with E-state index in [1.807, 2.05) is 11.9 Å². The van der Waals surface area contributed by atoms with Crippen molar-refractivity contribution in [2.45, 2.75) is 32.2 Å². The summed E-state index contributed by atoms with van der Waals surface area (Å²) >= 11 is 0. The predicted molar refractivity (Wildman–Crippen MR) is 80.4 cm³/mol. The molecule has 1 heterocycles. The standard InChI is InChI=1S/C17H24N2O/c1-12-10-18-11-15(12)17(20)19(2)16-9-5-7-13-6-3-4-8-14(13)16/h3-4,6,8,12,15-16,18H,5,7,9-11H2,1-2H3. The monoisotopic (exact) mass is 272 g/mol. The first kappa shape index (κ1) is 13.6. The zero-order valence-electron chi connectivity index (χ0n) is 12.4.